The normalized spacial score (nSPS) is 22.3. The minimum absolute atomic E-state index is 0.0638. The van der Waals surface area contributed by atoms with Crippen LogP contribution in [0.2, 0.25) is 0 Å². The lowest BCUT2D eigenvalue weighted by molar-refractivity contribution is -0.144. The van der Waals surface area contributed by atoms with Gasteiger partial charge >= 0.3 is 6.18 Å². The maximum atomic E-state index is 12.7. The highest BCUT2D eigenvalue weighted by Crippen LogP contribution is 2.32. The van der Waals surface area contributed by atoms with E-state index >= 15 is 0 Å². The van der Waals surface area contributed by atoms with Crippen LogP contribution in [0.4, 0.5) is 24.8 Å². The molecular formula is C12H18F3N5O. The van der Waals surface area contributed by atoms with Crippen LogP contribution in [0.15, 0.2) is 6.07 Å². The molecule has 1 heterocycles. The van der Waals surface area contributed by atoms with E-state index in [0.717, 1.165) is 19.3 Å². The van der Waals surface area contributed by atoms with Gasteiger partial charge in [-0.25, -0.2) is 15.8 Å². The number of nitrogens with zero attached hydrogens (tertiary/aromatic N) is 2. The van der Waals surface area contributed by atoms with E-state index in [-0.39, 0.29) is 30.1 Å². The third-order valence-corrected chi connectivity index (χ3v) is 3.72. The van der Waals surface area contributed by atoms with E-state index in [1.54, 1.807) is 0 Å². The topological polar surface area (TPSA) is 96.1 Å². The summed E-state index contributed by atoms with van der Waals surface area (Å²) in [6.45, 7) is 0.559. The van der Waals surface area contributed by atoms with Crippen molar-refractivity contribution in [3.05, 3.63) is 11.9 Å². The second-order valence-corrected chi connectivity index (χ2v) is 5.12. The first kappa shape index (κ1) is 15.8. The molecule has 0 amide bonds. The van der Waals surface area contributed by atoms with Crippen molar-refractivity contribution in [3.63, 3.8) is 0 Å². The highest BCUT2D eigenvalue weighted by atomic mass is 19.4. The van der Waals surface area contributed by atoms with Crippen LogP contribution in [-0.4, -0.2) is 28.2 Å². The molecular weight excluding hydrogens is 287 g/mol. The molecule has 2 rings (SSSR count). The average Bonchev–Trinajstić information content (AvgIpc) is 2.91. The van der Waals surface area contributed by atoms with E-state index in [1.165, 1.54) is 6.07 Å². The predicted octanol–water partition coefficient (Wildman–Crippen LogP) is 1.60. The third kappa shape index (κ3) is 3.94. The SMILES string of the molecule is NNc1cc(NCC2CCCC2CO)nc(C(F)(F)F)n1. The number of nitrogens with one attached hydrogen (secondary N) is 2. The first-order valence-electron chi connectivity index (χ1n) is 6.71. The molecule has 0 spiro atoms. The number of nitrogens with two attached hydrogens (primary N) is 1. The van der Waals surface area contributed by atoms with Crippen LogP contribution in [0.3, 0.4) is 0 Å². The number of halogens is 3. The number of rotatable bonds is 5. The van der Waals surface area contributed by atoms with Crippen LogP contribution in [0.25, 0.3) is 0 Å². The van der Waals surface area contributed by atoms with Crippen LogP contribution in [-0.2, 0) is 6.18 Å². The van der Waals surface area contributed by atoms with Crippen molar-refractivity contribution >= 4 is 11.6 Å². The molecule has 0 radical (unpaired) electrons. The summed E-state index contributed by atoms with van der Waals surface area (Å²) in [7, 11) is 0. The highest BCUT2D eigenvalue weighted by Gasteiger charge is 2.35. The molecule has 1 aromatic heterocycles. The Morgan fingerprint density at radius 2 is 1.90 bits per heavy atom. The number of aliphatic hydroxyl groups is 1. The zero-order valence-corrected chi connectivity index (χ0v) is 11.3. The summed E-state index contributed by atoms with van der Waals surface area (Å²) in [5.41, 5.74) is 2.10. The standard InChI is InChI=1S/C12H18F3N5O/c13-12(14,15)11-18-9(4-10(19-11)20-16)17-5-7-2-1-3-8(7)6-21/h4,7-8,21H,1-3,5-6,16H2,(H2,17,18,19,20). The molecule has 1 saturated carbocycles. The van der Waals surface area contributed by atoms with Crippen LogP contribution in [0.5, 0.6) is 0 Å². The average molecular weight is 305 g/mol. The van der Waals surface area contributed by atoms with Crippen molar-refractivity contribution in [1.82, 2.24) is 9.97 Å². The number of nitrogen functional groups attached to an aromatic ring is 1. The van der Waals surface area contributed by atoms with Crippen LogP contribution in [0, 0.1) is 11.8 Å². The lowest BCUT2D eigenvalue weighted by atomic mass is 9.97. The number of hydrogen-bond donors (Lipinski definition) is 4. The summed E-state index contributed by atoms with van der Waals surface area (Å²) in [4.78, 5) is 6.74. The van der Waals surface area contributed by atoms with Gasteiger partial charge in [0.25, 0.3) is 0 Å². The van der Waals surface area contributed by atoms with Gasteiger partial charge in [0.2, 0.25) is 5.82 Å². The number of hydrogen-bond acceptors (Lipinski definition) is 6. The summed E-state index contributed by atoms with van der Waals surface area (Å²) < 4.78 is 38.1. The Bertz CT molecular complexity index is 482. The van der Waals surface area contributed by atoms with Gasteiger partial charge < -0.3 is 15.8 Å². The fourth-order valence-electron chi connectivity index (χ4n) is 2.60. The largest absolute Gasteiger partial charge is 0.451 e. The number of hydrazine groups is 1. The van der Waals surface area contributed by atoms with Gasteiger partial charge in [-0.3, -0.25) is 0 Å². The van der Waals surface area contributed by atoms with Crippen molar-refractivity contribution in [2.24, 2.45) is 17.7 Å². The molecule has 2 atom stereocenters. The van der Waals surface area contributed by atoms with E-state index in [1.807, 2.05) is 0 Å². The zero-order valence-electron chi connectivity index (χ0n) is 11.3. The van der Waals surface area contributed by atoms with Crippen molar-refractivity contribution in [2.75, 3.05) is 23.9 Å². The number of alkyl halides is 3. The zero-order chi connectivity index (χ0) is 15.5. The Hall–Kier alpha value is -1.61. The molecule has 1 fully saturated rings. The Morgan fingerprint density at radius 1 is 1.24 bits per heavy atom. The maximum absolute atomic E-state index is 12.7. The first-order valence-corrected chi connectivity index (χ1v) is 6.71. The minimum Gasteiger partial charge on any atom is -0.396 e. The van der Waals surface area contributed by atoms with Crippen LogP contribution in [0.1, 0.15) is 25.1 Å². The fourth-order valence-corrected chi connectivity index (χ4v) is 2.60. The highest BCUT2D eigenvalue weighted by molar-refractivity contribution is 5.47. The molecule has 2 unspecified atom stereocenters. The van der Waals surface area contributed by atoms with Gasteiger partial charge in [0.15, 0.2) is 0 Å². The van der Waals surface area contributed by atoms with Crippen LogP contribution < -0.4 is 16.6 Å². The predicted molar refractivity (Wildman–Crippen MR) is 71.3 cm³/mol. The quantitative estimate of drug-likeness (QED) is 0.487. The lowest BCUT2D eigenvalue weighted by Crippen LogP contribution is -2.22. The smallest absolute Gasteiger partial charge is 0.396 e. The van der Waals surface area contributed by atoms with E-state index in [0.29, 0.717) is 6.54 Å². The number of aliphatic hydroxyl groups excluding tert-OH is 1. The summed E-state index contributed by atoms with van der Waals surface area (Å²) in [6, 6.07) is 1.32. The van der Waals surface area contributed by atoms with E-state index in [9.17, 15) is 18.3 Å². The van der Waals surface area contributed by atoms with Crippen molar-refractivity contribution in [3.8, 4) is 0 Å². The molecule has 0 saturated heterocycles. The molecule has 1 aliphatic rings. The van der Waals surface area contributed by atoms with Gasteiger partial charge in [-0.15, -0.1) is 0 Å². The second kappa shape index (κ2) is 6.44. The van der Waals surface area contributed by atoms with E-state index in [2.05, 4.69) is 20.7 Å². The summed E-state index contributed by atoms with van der Waals surface area (Å²) in [5.74, 6) is 4.26. The maximum Gasteiger partial charge on any atom is 0.451 e. The van der Waals surface area contributed by atoms with Crippen LogP contribution >= 0.6 is 0 Å². The van der Waals surface area contributed by atoms with Crippen molar-refractivity contribution < 1.29 is 18.3 Å². The molecule has 1 aromatic rings. The van der Waals surface area contributed by atoms with Gasteiger partial charge in [0, 0.05) is 19.2 Å². The van der Waals surface area contributed by atoms with Crippen molar-refractivity contribution in [1.29, 1.82) is 0 Å². The Kier molecular flexibility index (Phi) is 4.84. The third-order valence-electron chi connectivity index (χ3n) is 3.72. The van der Waals surface area contributed by atoms with Gasteiger partial charge in [-0.2, -0.15) is 13.2 Å². The Morgan fingerprint density at radius 3 is 2.52 bits per heavy atom. The monoisotopic (exact) mass is 305 g/mol. The van der Waals surface area contributed by atoms with Gasteiger partial charge in [0.1, 0.15) is 11.6 Å². The van der Waals surface area contributed by atoms with Gasteiger partial charge in [0.05, 0.1) is 0 Å². The second-order valence-electron chi connectivity index (χ2n) is 5.12. The lowest BCUT2D eigenvalue weighted by Gasteiger charge is -2.18. The Labute approximate surface area is 119 Å². The molecule has 21 heavy (non-hydrogen) atoms. The van der Waals surface area contributed by atoms with E-state index < -0.39 is 12.0 Å². The van der Waals surface area contributed by atoms with Gasteiger partial charge in [-0.1, -0.05) is 6.42 Å². The summed E-state index contributed by atoms with van der Waals surface area (Å²) in [5, 5.41) is 12.1. The Balaban J connectivity index is 2.09. The fraction of sp³-hybridized carbons (Fsp3) is 0.667. The summed E-state index contributed by atoms with van der Waals surface area (Å²) >= 11 is 0. The van der Waals surface area contributed by atoms with Gasteiger partial charge in [-0.05, 0) is 24.7 Å². The number of aromatic nitrogens is 2. The molecule has 1 aliphatic carbocycles. The minimum atomic E-state index is -4.63. The van der Waals surface area contributed by atoms with E-state index in [4.69, 9.17) is 5.84 Å². The molecule has 6 nitrogen and oxygen atoms in total. The molecule has 0 bridgehead atoms. The molecule has 9 heteroatoms. The molecule has 118 valence electrons. The first-order chi connectivity index (χ1) is 9.94. The number of anilines is 2. The van der Waals surface area contributed by atoms with Crippen molar-refractivity contribution in [2.45, 2.75) is 25.4 Å². The molecule has 0 aromatic carbocycles. The molecule has 5 N–H and O–H groups in total. The molecule has 0 aliphatic heterocycles. The summed E-state index contributed by atoms with van der Waals surface area (Å²) in [6.07, 6.45) is -1.73.